The van der Waals surface area contributed by atoms with Crippen molar-refractivity contribution in [3.05, 3.63) is 42.2 Å². The Morgan fingerprint density at radius 2 is 1.81 bits per heavy atom. The van der Waals surface area contributed by atoms with Gasteiger partial charge < -0.3 is 19.5 Å². The molecule has 3 aromatic rings. The van der Waals surface area contributed by atoms with Gasteiger partial charge in [-0.25, -0.2) is 14.8 Å². The Morgan fingerprint density at radius 1 is 1.06 bits per heavy atom. The summed E-state index contributed by atoms with van der Waals surface area (Å²) in [5.41, 5.74) is 3.04. The summed E-state index contributed by atoms with van der Waals surface area (Å²) in [6.07, 6.45) is 1.95. The Bertz CT molecular complexity index is 1140. The maximum absolute atomic E-state index is 12.5. The maximum Gasteiger partial charge on any atom is 0.414 e. The molecule has 2 heterocycles. The molecule has 4 rings (SSSR count). The van der Waals surface area contributed by atoms with E-state index in [2.05, 4.69) is 15.3 Å². The number of aromatic nitrogens is 2. The Balaban J connectivity index is 1.62. The fourth-order valence-electron chi connectivity index (χ4n) is 3.61. The summed E-state index contributed by atoms with van der Waals surface area (Å²) in [5, 5.41) is 4.18. The molecule has 162 valence electrons. The first-order valence-corrected chi connectivity index (χ1v) is 10.1. The molecule has 1 aromatic heterocycles. The first-order valence-electron chi connectivity index (χ1n) is 10.1. The summed E-state index contributed by atoms with van der Waals surface area (Å²) < 4.78 is 16.3. The summed E-state index contributed by atoms with van der Waals surface area (Å²) in [4.78, 5) is 22.9. The van der Waals surface area contributed by atoms with Crippen molar-refractivity contribution >= 4 is 34.2 Å². The number of benzene rings is 2. The highest BCUT2D eigenvalue weighted by Crippen LogP contribution is 2.36. The van der Waals surface area contributed by atoms with Gasteiger partial charge in [0.15, 0.2) is 11.5 Å². The average molecular weight is 422 g/mol. The smallest absolute Gasteiger partial charge is 0.414 e. The number of carbonyl (C=O) groups excluding carboxylic acids is 1. The zero-order chi connectivity index (χ0) is 22.2. The first-order chi connectivity index (χ1) is 14.8. The molecule has 1 aliphatic rings. The molecule has 0 saturated carbocycles. The SMILES string of the molecule is COc1cc2ncnc(Nc3ccc4c(c3)CCN4C(=O)OC(C)(C)C)c2cc1OC. The van der Waals surface area contributed by atoms with Crippen LogP contribution in [-0.4, -0.2) is 42.4 Å². The van der Waals surface area contributed by atoms with E-state index in [1.54, 1.807) is 19.1 Å². The van der Waals surface area contributed by atoms with Crippen LogP contribution in [0, 0.1) is 0 Å². The number of methoxy groups -OCH3 is 2. The molecule has 0 spiro atoms. The van der Waals surface area contributed by atoms with Crippen molar-refractivity contribution in [1.29, 1.82) is 0 Å². The molecule has 2 aromatic carbocycles. The molecule has 8 heteroatoms. The Kier molecular flexibility index (Phi) is 5.31. The lowest BCUT2D eigenvalue weighted by atomic mass is 10.1. The normalized spacial score (nSPS) is 13.1. The Labute approximate surface area is 181 Å². The van der Waals surface area contributed by atoms with E-state index in [1.165, 1.54) is 6.33 Å². The molecule has 0 fully saturated rings. The van der Waals surface area contributed by atoms with Crippen molar-refractivity contribution in [3.63, 3.8) is 0 Å². The second-order valence-corrected chi connectivity index (χ2v) is 8.30. The fourth-order valence-corrected chi connectivity index (χ4v) is 3.61. The lowest BCUT2D eigenvalue weighted by Crippen LogP contribution is -2.35. The van der Waals surface area contributed by atoms with Crippen LogP contribution in [-0.2, 0) is 11.2 Å². The van der Waals surface area contributed by atoms with Crippen LogP contribution in [0.3, 0.4) is 0 Å². The van der Waals surface area contributed by atoms with Crippen LogP contribution in [0.25, 0.3) is 10.9 Å². The van der Waals surface area contributed by atoms with Gasteiger partial charge in [0.1, 0.15) is 17.7 Å². The lowest BCUT2D eigenvalue weighted by Gasteiger charge is -2.24. The van der Waals surface area contributed by atoms with Gasteiger partial charge in [0.05, 0.1) is 25.4 Å². The second-order valence-electron chi connectivity index (χ2n) is 8.30. The molecular weight excluding hydrogens is 396 g/mol. The third kappa shape index (κ3) is 4.19. The minimum Gasteiger partial charge on any atom is -0.493 e. The lowest BCUT2D eigenvalue weighted by molar-refractivity contribution is 0.0584. The van der Waals surface area contributed by atoms with Gasteiger partial charge in [-0.1, -0.05) is 0 Å². The maximum atomic E-state index is 12.5. The number of carbonyl (C=O) groups is 1. The molecule has 1 amide bonds. The van der Waals surface area contributed by atoms with E-state index in [-0.39, 0.29) is 6.09 Å². The van der Waals surface area contributed by atoms with Crippen molar-refractivity contribution in [2.24, 2.45) is 0 Å². The van der Waals surface area contributed by atoms with Gasteiger partial charge in [-0.15, -0.1) is 0 Å². The molecule has 31 heavy (non-hydrogen) atoms. The molecular formula is C23H26N4O4. The van der Waals surface area contributed by atoms with Gasteiger partial charge in [-0.2, -0.15) is 0 Å². The predicted octanol–water partition coefficient (Wildman–Crippen LogP) is 4.69. The third-order valence-corrected chi connectivity index (χ3v) is 4.99. The van der Waals surface area contributed by atoms with Gasteiger partial charge in [-0.05, 0) is 57.0 Å². The predicted molar refractivity (Wildman–Crippen MR) is 120 cm³/mol. The minimum absolute atomic E-state index is 0.324. The highest BCUT2D eigenvalue weighted by Gasteiger charge is 2.29. The molecule has 1 N–H and O–H groups in total. The van der Waals surface area contributed by atoms with Gasteiger partial charge in [0.2, 0.25) is 0 Å². The monoisotopic (exact) mass is 422 g/mol. The van der Waals surface area contributed by atoms with E-state index in [9.17, 15) is 4.79 Å². The molecule has 0 saturated heterocycles. The first kappa shape index (κ1) is 20.7. The molecule has 0 bridgehead atoms. The summed E-state index contributed by atoms with van der Waals surface area (Å²) in [6, 6.07) is 9.57. The quantitative estimate of drug-likeness (QED) is 0.653. The molecule has 0 atom stereocenters. The second kappa shape index (κ2) is 7.94. The number of hydrogen-bond donors (Lipinski definition) is 1. The summed E-state index contributed by atoms with van der Waals surface area (Å²) in [6.45, 7) is 6.20. The number of amides is 1. The summed E-state index contributed by atoms with van der Waals surface area (Å²) in [5.74, 6) is 1.88. The summed E-state index contributed by atoms with van der Waals surface area (Å²) >= 11 is 0. The zero-order valence-corrected chi connectivity index (χ0v) is 18.4. The highest BCUT2D eigenvalue weighted by molar-refractivity contribution is 5.94. The number of fused-ring (bicyclic) bond motifs is 2. The largest absolute Gasteiger partial charge is 0.493 e. The van der Waals surface area contributed by atoms with Crippen LogP contribution in [0.1, 0.15) is 26.3 Å². The van der Waals surface area contributed by atoms with Gasteiger partial charge in [-0.3, -0.25) is 4.90 Å². The summed E-state index contributed by atoms with van der Waals surface area (Å²) in [7, 11) is 3.19. The van der Waals surface area contributed by atoms with E-state index < -0.39 is 5.60 Å². The van der Waals surface area contributed by atoms with E-state index in [4.69, 9.17) is 14.2 Å². The number of hydrogen-bond acceptors (Lipinski definition) is 7. The topological polar surface area (TPSA) is 85.8 Å². The number of nitrogens with zero attached hydrogens (tertiary/aromatic N) is 3. The molecule has 1 aliphatic heterocycles. The number of anilines is 3. The Morgan fingerprint density at radius 3 is 2.52 bits per heavy atom. The standard InChI is InChI=1S/C23H26N4O4/c1-23(2,3)31-22(28)27-9-8-14-10-15(6-7-18(14)27)26-21-16-11-19(29-4)20(30-5)12-17(16)24-13-25-21/h6-7,10-13H,8-9H2,1-5H3,(H,24,25,26). The molecule has 0 aliphatic carbocycles. The minimum atomic E-state index is -0.529. The van der Waals surface area contributed by atoms with Gasteiger partial charge in [0, 0.05) is 23.7 Å². The highest BCUT2D eigenvalue weighted by atomic mass is 16.6. The number of rotatable bonds is 4. The van der Waals surface area contributed by atoms with E-state index >= 15 is 0 Å². The number of nitrogens with one attached hydrogen (secondary N) is 1. The van der Waals surface area contributed by atoms with Crippen molar-refractivity contribution in [1.82, 2.24) is 9.97 Å². The van der Waals surface area contributed by atoms with Crippen molar-refractivity contribution in [3.8, 4) is 11.5 Å². The van der Waals surface area contributed by atoms with E-state index in [0.29, 0.717) is 23.9 Å². The van der Waals surface area contributed by atoms with Crippen molar-refractivity contribution in [2.45, 2.75) is 32.8 Å². The van der Waals surface area contributed by atoms with Crippen LogP contribution < -0.4 is 19.7 Å². The van der Waals surface area contributed by atoms with E-state index in [1.807, 2.05) is 51.1 Å². The van der Waals surface area contributed by atoms with Crippen molar-refractivity contribution in [2.75, 3.05) is 31.0 Å². The van der Waals surface area contributed by atoms with E-state index in [0.717, 1.165) is 34.3 Å². The average Bonchev–Trinajstić information content (AvgIpc) is 3.15. The van der Waals surface area contributed by atoms with Crippen LogP contribution in [0.2, 0.25) is 0 Å². The van der Waals surface area contributed by atoms with Crippen molar-refractivity contribution < 1.29 is 19.0 Å². The van der Waals surface area contributed by atoms with Crippen LogP contribution in [0.15, 0.2) is 36.7 Å². The third-order valence-electron chi connectivity index (χ3n) is 4.99. The van der Waals surface area contributed by atoms with Gasteiger partial charge >= 0.3 is 6.09 Å². The van der Waals surface area contributed by atoms with Crippen LogP contribution in [0.5, 0.6) is 11.5 Å². The zero-order valence-electron chi connectivity index (χ0n) is 18.4. The molecule has 8 nitrogen and oxygen atoms in total. The fraction of sp³-hybridized carbons (Fsp3) is 0.348. The number of ether oxygens (including phenoxy) is 3. The Hall–Kier alpha value is -3.55. The molecule has 0 radical (unpaired) electrons. The van der Waals surface area contributed by atoms with Crippen LogP contribution in [0.4, 0.5) is 22.0 Å². The van der Waals surface area contributed by atoms with Gasteiger partial charge in [0.25, 0.3) is 0 Å². The molecule has 0 unspecified atom stereocenters. The van der Waals surface area contributed by atoms with Crippen LogP contribution >= 0.6 is 0 Å².